The van der Waals surface area contributed by atoms with E-state index in [9.17, 15) is 9.59 Å². The number of hydrogen-bond donors (Lipinski definition) is 2. The van der Waals surface area contributed by atoms with Crippen molar-refractivity contribution in [2.45, 2.75) is 57.8 Å². The number of alkyl carbamates (subject to hydrolysis) is 1. The summed E-state index contributed by atoms with van der Waals surface area (Å²) in [6.07, 6.45) is 0.495. The number of carbonyl (C=O) groups is 2. The Bertz CT molecular complexity index is 394. The predicted molar refractivity (Wildman–Crippen MR) is 86.3 cm³/mol. The van der Waals surface area contributed by atoms with Gasteiger partial charge in [0.05, 0.1) is 6.10 Å². The first-order valence-corrected chi connectivity index (χ1v) is 8.15. The van der Waals surface area contributed by atoms with Gasteiger partial charge < -0.3 is 24.8 Å². The third kappa shape index (κ3) is 8.29. The number of aliphatic hydroxyl groups is 1. The summed E-state index contributed by atoms with van der Waals surface area (Å²) in [5, 5.41) is 11.5. The Kier molecular flexibility index (Phi) is 7.94. The number of nitrogens with zero attached hydrogens (tertiary/aromatic N) is 1. The number of ether oxygens (including phenoxy) is 2. The van der Waals surface area contributed by atoms with Crippen LogP contribution in [0, 0.1) is 0 Å². The van der Waals surface area contributed by atoms with Crippen molar-refractivity contribution in [2.24, 2.45) is 0 Å². The lowest BCUT2D eigenvalue weighted by Gasteiger charge is -2.35. The average molecular weight is 330 g/mol. The third-order valence-corrected chi connectivity index (χ3v) is 3.41. The lowest BCUT2D eigenvalue weighted by molar-refractivity contribution is -0.143. The summed E-state index contributed by atoms with van der Waals surface area (Å²) in [5.41, 5.74) is -0.542. The zero-order valence-electron chi connectivity index (χ0n) is 14.6. The van der Waals surface area contributed by atoms with E-state index < -0.39 is 17.8 Å². The van der Waals surface area contributed by atoms with E-state index in [1.165, 1.54) is 0 Å². The Balaban J connectivity index is 2.41. The van der Waals surface area contributed by atoms with Crippen molar-refractivity contribution in [1.82, 2.24) is 10.2 Å². The van der Waals surface area contributed by atoms with Crippen LogP contribution in [0.1, 0.15) is 40.0 Å². The van der Waals surface area contributed by atoms with Gasteiger partial charge in [0.2, 0.25) is 0 Å². The summed E-state index contributed by atoms with van der Waals surface area (Å²) in [5.74, 6) is 0.0484. The maximum atomic E-state index is 12.1. The Morgan fingerprint density at radius 2 is 2.00 bits per heavy atom. The number of morpholine rings is 1. The molecule has 1 fully saturated rings. The second-order valence-electron chi connectivity index (χ2n) is 7.00. The minimum Gasteiger partial charge on any atom is -0.444 e. The Hall–Kier alpha value is -1.18. The summed E-state index contributed by atoms with van der Waals surface area (Å²) in [7, 11) is 1.93. The molecule has 0 aliphatic carbocycles. The first-order valence-electron chi connectivity index (χ1n) is 8.15. The first kappa shape index (κ1) is 19.9. The maximum Gasteiger partial charge on any atom is 0.407 e. The quantitative estimate of drug-likeness (QED) is 0.676. The number of ketones is 1. The second kappa shape index (κ2) is 9.20. The van der Waals surface area contributed by atoms with E-state index >= 15 is 0 Å². The van der Waals surface area contributed by atoms with Gasteiger partial charge in [-0.2, -0.15) is 0 Å². The van der Waals surface area contributed by atoms with Gasteiger partial charge in [0, 0.05) is 32.7 Å². The number of rotatable bonds is 7. The molecule has 1 heterocycles. The minimum absolute atomic E-state index is 0.0484. The van der Waals surface area contributed by atoms with E-state index in [-0.39, 0.29) is 18.5 Å². The molecule has 0 aromatic heterocycles. The zero-order chi connectivity index (χ0) is 17.5. The summed E-state index contributed by atoms with van der Waals surface area (Å²) >= 11 is 0. The largest absolute Gasteiger partial charge is 0.444 e. The van der Waals surface area contributed by atoms with Crippen molar-refractivity contribution in [3.8, 4) is 0 Å². The van der Waals surface area contributed by atoms with Gasteiger partial charge in [0.15, 0.2) is 5.78 Å². The first-order chi connectivity index (χ1) is 10.7. The van der Waals surface area contributed by atoms with Gasteiger partial charge in [-0.1, -0.05) is 0 Å². The molecule has 0 spiro atoms. The SMILES string of the molecule is CN1C[C@@H](CNC(=O)OC(C)(C)C)O[C@@H](C(=O)CCCCO)C1. The van der Waals surface area contributed by atoms with E-state index in [2.05, 4.69) is 5.32 Å². The maximum absolute atomic E-state index is 12.1. The number of likely N-dealkylation sites (N-methyl/N-ethyl adjacent to an activating group) is 1. The number of amides is 1. The highest BCUT2D eigenvalue weighted by atomic mass is 16.6. The molecule has 1 amide bonds. The van der Waals surface area contributed by atoms with Crippen molar-refractivity contribution in [3.63, 3.8) is 0 Å². The van der Waals surface area contributed by atoms with E-state index in [1.54, 1.807) is 20.8 Å². The van der Waals surface area contributed by atoms with Gasteiger partial charge in [-0.3, -0.25) is 4.79 Å². The molecule has 0 radical (unpaired) electrons. The van der Waals surface area contributed by atoms with Crippen LogP contribution in [0.25, 0.3) is 0 Å². The molecule has 0 unspecified atom stereocenters. The van der Waals surface area contributed by atoms with Gasteiger partial charge in [0.1, 0.15) is 11.7 Å². The van der Waals surface area contributed by atoms with Crippen LogP contribution < -0.4 is 5.32 Å². The molecular weight excluding hydrogens is 300 g/mol. The van der Waals surface area contributed by atoms with Crippen LogP contribution in [0.15, 0.2) is 0 Å². The molecule has 0 bridgehead atoms. The van der Waals surface area contributed by atoms with E-state index in [0.717, 1.165) is 0 Å². The van der Waals surface area contributed by atoms with Crippen LogP contribution in [0.3, 0.4) is 0 Å². The Morgan fingerprint density at radius 3 is 2.61 bits per heavy atom. The van der Waals surface area contributed by atoms with Crippen molar-refractivity contribution in [2.75, 3.05) is 33.3 Å². The van der Waals surface area contributed by atoms with Crippen molar-refractivity contribution < 1.29 is 24.2 Å². The lowest BCUT2D eigenvalue weighted by Crippen LogP contribution is -2.52. The Morgan fingerprint density at radius 1 is 1.30 bits per heavy atom. The molecule has 1 aliphatic heterocycles. The second-order valence-corrected chi connectivity index (χ2v) is 7.00. The molecule has 2 N–H and O–H groups in total. The topological polar surface area (TPSA) is 88.1 Å². The van der Waals surface area contributed by atoms with Gasteiger partial charge in [-0.25, -0.2) is 4.79 Å². The van der Waals surface area contributed by atoms with Crippen LogP contribution in [0.2, 0.25) is 0 Å². The van der Waals surface area contributed by atoms with Crippen LogP contribution >= 0.6 is 0 Å². The zero-order valence-corrected chi connectivity index (χ0v) is 14.6. The fraction of sp³-hybridized carbons (Fsp3) is 0.875. The van der Waals surface area contributed by atoms with Crippen LogP contribution in [0.4, 0.5) is 4.79 Å². The van der Waals surface area contributed by atoms with Crippen molar-refractivity contribution in [1.29, 1.82) is 0 Å². The molecule has 1 rings (SSSR count). The predicted octanol–water partition coefficient (Wildman–Crippen LogP) is 0.942. The molecule has 7 heteroatoms. The highest BCUT2D eigenvalue weighted by molar-refractivity contribution is 5.83. The van der Waals surface area contributed by atoms with Crippen molar-refractivity contribution >= 4 is 11.9 Å². The molecule has 0 aromatic rings. The monoisotopic (exact) mass is 330 g/mol. The number of nitrogens with one attached hydrogen (secondary N) is 1. The summed E-state index contributed by atoms with van der Waals surface area (Å²) in [6.45, 7) is 7.02. The number of carbonyl (C=O) groups excluding carboxylic acids is 2. The van der Waals surface area contributed by atoms with Crippen LogP contribution in [-0.2, 0) is 14.3 Å². The number of hydrogen-bond acceptors (Lipinski definition) is 6. The summed E-state index contributed by atoms with van der Waals surface area (Å²) in [4.78, 5) is 25.9. The molecule has 2 atom stereocenters. The van der Waals surface area contributed by atoms with E-state index in [0.29, 0.717) is 38.9 Å². The molecule has 1 saturated heterocycles. The molecule has 7 nitrogen and oxygen atoms in total. The normalized spacial score (nSPS) is 22.7. The van der Waals surface area contributed by atoms with Gasteiger partial charge in [-0.05, 0) is 40.7 Å². The van der Waals surface area contributed by atoms with Crippen LogP contribution in [-0.4, -0.2) is 73.0 Å². The minimum atomic E-state index is -0.542. The van der Waals surface area contributed by atoms with Crippen molar-refractivity contribution in [3.05, 3.63) is 0 Å². The van der Waals surface area contributed by atoms with Gasteiger partial charge in [0.25, 0.3) is 0 Å². The number of aliphatic hydroxyl groups excluding tert-OH is 1. The number of unbranched alkanes of at least 4 members (excludes halogenated alkanes) is 1. The standard InChI is InChI=1S/C16H30N2O5/c1-16(2,3)23-15(21)17-9-12-10-18(4)11-14(22-12)13(20)7-5-6-8-19/h12,14,19H,5-11H2,1-4H3,(H,17,21)/t12-,14-/m1/s1. The highest BCUT2D eigenvalue weighted by Crippen LogP contribution is 2.13. The highest BCUT2D eigenvalue weighted by Gasteiger charge is 2.30. The fourth-order valence-corrected chi connectivity index (χ4v) is 2.40. The smallest absolute Gasteiger partial charge is 0.407 e. The molecule has 0 aromatic carbocycles. The van der Waals surface area contributed by atoms with E-state index in [4.69, 9.17) is 14.6 Å². The van der Waals surface area contributed by atoms with Crippen LogP contribution in [0.5, 0.6) is 0 Å². The van der Waals surface area contributed by atoms with Gasteiger partial charge in [-0.15, -0.1) is 0 Å². The van der Waals surface area contributed by atoms with Gasteiger partial charge >= 0.3 is 6.09 Å². The fourth-order valence-electron chi connectivity index (χ4n) is 2.40. The summed E-state index contributed by atoms with van der Waals surface area (Å²) < 4.78 is 11.0. The number of Topliss-reactive ketones (excluding diaryl/α,β-unsaturated/α-hetero) is 1. The molecule has 0 saturated carbocycles. The lowest BCUT2D eigenvalue weighted by atomic mass is 10.1. The van der Waals surface area contributed by atoms with E-state index in [1.807, 2.05) is 11.9 Å². The molecule has 23 heavy (non-hydrogen) atoms. The average Bonchev–Trinajstić information content (AvgIpc) is 2.43. The molecule has 134 valence electrons. The Labute approximate surface area is 138 Å². The molecular formula is C16H30N2O5. The third-order valence-electron chi connectivity index (χ3n) is 3.41. The summed E-state index contributed by atoms with van der Waals surface area (Å²) in [6, 6.07) is 0. The molecule has 1 aliphatic rings.